The van der Waals surface area contributed by atoms with Gasteiger partial charge in [-0.1, -0.05) is 64.7 Å². The summed E-state index contributed by atoms with van der Waals surface area (Å²) < 4.78 is 0. The molecule has 0 radical (unpaired) electrons. The Morgan fingerprint density at radius 1 is 0.889 bits per heavy atom. The van der Waals surface area contributed by atoms with Crippen molar-refractivity contribution >= 4 is 5.97 Å². The summed E-state index contributed by atoms with van der Waals surface area (Å²) in [4.78, 5) is 10.2. The maximum atomic E-state index is 10.2. The van der Waals surface area contributed by atoms with Crippen LogP contribution < -0.4 is 11.5 Å². The Morgan fingerprint density at radius 3 is 1.78 bits per heavy atom. The fourth-order valence-electron chi connectivity index (χ4n) is 1.93. The predicted octanol–water partition coefficient (Wildman–Crippen LogP) is 3.74. The minimum absolute atomic E-state index is 0. The van der Waals surface area contributed by atoms with Crippen molar-refractivity contribution < 1.29 is 9.90 Å². The Morgan fingerprint density at radius 2 is 1.33 bits per heavy atom. The molecule has 0 amide bonds. The van der Waals surface area contributed by atoms with E-state index in [-0.39, 0.29) is 12.7 Å². The number of unbranched alkanes of at least 4 members (excludes halogenated alkanes) is 9. The second kappa shape index (κ2) is 16.4. The monoisotopic (exact) mass is 260 g/mol. The Balaban J connectivity index is 0. The Bertz CT molecular complexity index is 175. The number of carboxylic acid groups (broad SMARTS) is 1. The third kappa shape index (κ3) is 17.8. The standard InChI is InChI=1S/C14H29NO2.H3N/c1-2-3-4-5-6-7-8-9-10-11-12-15-13-14(16)17;/h15H,2-13H2,1H3,(H,16,17);1H3. The van der Waals surface area contributed by atoms with Gasteiger partial charge in [-0.15, -0.1) is 0 Å². The molecule has 0 aromatic rings. The van der Waals surface area contributed by atoms with Gasteiger partial charge in [-0.05, 0) is 13.0 Å². The molecular weight excluding hydrogens is 228 g/mol. The van der Waals surface area contributed by atoms with Crippen LogP contribution in [-0.2, 0) is 4.79 Å². The van der Waals surface area contributed by atoms with Crippen molar-refractivity contribution in [2.75, 3.05) is 13.1 Å². The summed E-state index contributed by atoms with van der Waals surface area (Å²) in [5.41, 5.74) is 0. The third-order valence-corrected chi connectivity index (χ3v) is 2.98. The lowest BCUT2D eigenvalue weighted by Gasteiger charge is -2.03. The quantitative estimate of drug-likeness (QED) is 0.440. The first kappa shape index (κ1) is 19.7. The highest BCUT2D eigenvalue weighted by Gasteiger charge is 1.95. The van der Waals surface area contributed by atoms with Crippen LogP contribution in [0.15, 0.2) is 0 Å². The molecule has 0 bridgehead atoms. The average Bonchev–Trinajstić information content (AvgIpc) is 2.30. The second-order valence-corrected chi connectivity index (χ2v) is 4.75. The van der Waals surface area contributed by atoms with E-state index in [1.807, 2.05) is 0 Å². The smallest absolute Gasteiger partial charge is 0.317 e. The van der Waals surface area contributed by atoms with E-state index in [1.165, 1.54) is 57.8 Å². The maximum absolute atomic E-state index is 10.2. The molecule has 0 aliphatic rings. The summed E-state index contributed by atoms with van der Waals surface area (Å²) in [6, 6.07) is 0. The van der Waals surface area contributed by atoms with Crippen molar-refractivity contribution in [3.8, 4) is 0 Å². The van der Waals surface area contributed by atoms with Gasteiger partial charge in [-0.2, -0.15) is 0 Å². The van der Waals surface area contributed by atoms with Gasteiger partial charge < -0.3 is 16.6 Å². The van der Waals surface area contributed by atoms with E-state index in [9.17, 15) is 4.79 Å². The fraction of sp³-hybridized carbons (Fsp3) is 0.929. The Kier molecular flexibility index (Phi) is 18.0. The zero-order chi connectivity index (χ0) is 12.8. The molecule has 0 heterocycles. The molecule has 0 aliphatic heterocycles. The highest BCUT2D eigenvalue weighted by Crippen LogP contribution is 2.10. The SMILES string of the molecule is CCCCCCCCCCCCNCC(=O)O.N. The van der Waals surface area contributed by atoms with Crippen LogP contribution in [0.2, 0.25) is 0 Å². The Hall–Kier alpha value is -0.610. The number of nitrogens with one attached hydrogen (secondary N) is 1. The summed E-state index contributed by atoms with van der Waals surface area (Å²) in [6.07, 6.45) is 13.2. The molecule has 0 aliphatic carbocycles. The summed E-state index contributed by atoms with van der Waals surface area (Å²) in [7, 11) is 0. The van der Waals surface area contributed by atoms with Crippen molar-refractivity contribution in [1.82, 2.24) is 11.5 Å². The molecule has 0 aromatic carbocycles. The average molecular weight is 260 g/mol. The molecule has 0 atom stereocenters. The normalized spacial score (nSPS) is 10.1. The molecule has 4 nitrogen and oxygen atoms in total. The molecule has 110 valence electrons. The van der Waals surface area contributed by atoms with Crippen LogP contribution in [0.4, 0.5) is 0 Å². The molecule has 0 fully saturated rings. The Labute approximate surface area is 112 Å². The lowest BCUT2D eigenvalue weighted by atomic mass is 10.1. The zero-order valence-corrected chi connectivity index (χ0v) is 12.0. The van der Waals surface area contributed by atoms with Crippen molar-refractivity contribution in [2.45, 2.75) is 71.1 Å². The minimum Gasteiger partial charge on any atom is -0.480 e. The molecule has 5 N–H and O–H groups in total. The third-order valence-electron chi connectivity index (χ3n) is 2.98. The van der Waals surface area contributed by atoms with Crippen LogP contribution >= 0.6 is 0 Å². The summed E-state index contributed by atoms with van der Waals surface area (Å²) in [5.74, 6) is -0.767. The topological polar surface area (TPSA) is 84.3 Å². The first-order valence-electron chi connectivity index (χ1n) is 7.20. The highest BCUT2D eigenvalue weighted by atomic mass is 16.4. The van der Waals surface area contributed by atoms with Gasteiger partial charge in [0, 0.05) is 0 Å². The van der Waals surface area contributed by atoms with Gasteiger partial charge >= 0.3 is 5.97 Å². The number of aliphatic carboxylic acids is 1. The lowest BCUT2D eigenvalue weighted by Crippen LogP contribution is -2.23. The highest BCUT2D eigenvalue weighted by molar-refractivity contribution is 5.68. The van der Waals surface area contributed by atoms with E-state index in [0.717, 1.165) is 13.0 Å². The molecule has 18 heavy (non-hydrogen) atoms. The van der Waals surface area contributed by atoms with Crippen molar-refractivity contribution in [1.29, 1.82) is 0 Å². The van der Waals surface area contributed by atoms with Gasteiger partial charge in [0.25, 0.3) is 0 Å². The van der Waals surface area contributed by atoms with Gasteiger partial charge in [0.05, 0.1) is 6.54 Å². The second-order valence-electron chi connectivity index (χ2n) is 4.75. The fourth-order valence-corrected chi connectivity index (χ4v) is 1.93. The molecule has 0 spiro atoms. The van der Waals surface area contributed by atoms with Crippen LogP contribution in [0.1, 0.15) is 71.1 Å². The molecule has 0 saturated heterocycles. The van der Waals surface area contributed by atoms with Crippen LogP contribution in [0.25, 0.3) is 0 Å². The number of hydrogen-bond donors (Lipinski definition) is 3. The first-order chi connectivity index (χ1) is 8.27. The van der Waals surface area contributed by atoms with Gasteiger partial charge in [0.2, 0.25) is 0 Å². The maximum Gasteiger partial charge on any atom is 0.317 e. The number of carboxylic acids is 1. The predicted molar refractivity (Wildman–Crippen MR) is 77.4 cm³/mol. The molecule has 4 heteroatoms. The number of hydrogen-bond acceptors (Lipinski definition) is 3. The molecular formula is C14H32N2O2. The van der Waals surface area contributed by atoms with E-state index in [4.69, 9.17) is 5.11 Å². The number of rotatable bonds is 13. The van der Waals surface area contributed by atoms with Gasteiger partial charge in [-0.3, -0.25) is 4.79 Å². The molecule has 0 rings (SSSR count). The molecule has 0 aromatic heterocycles. The lowest BCUT2D eigenvalue weighted by molar-refractivity contribution is -0.135. The molecule has 0 unspecified atom stereocenters. The first-order valence-corrected chi connectivity index (χ1v) is 7.20. The minimum atomic E-state index is -0.767. The van der Waals surface area contributed by atoms with Gasteiger partial charge in [0.1, 0.15) is 0 Å². The van der Waals surface area contributed by atoms with Gasteiger partial charge in [-0.25, -0.2) is 0 Å². The number of carbonyl (C=O) groups is 1. The van der Waals surface area contributed by atoms with E-state index in [1.54, 1.807) is 0 Å². The van der Waals surface area contributed by atoms with E-state index in [0.29, 0.717) is 0 Å². The van der Waals surface area contributed by atoms with Crippen LogP contribution in [0.5, 0.6) is 0 Å². The largest absolute Gasteiger partial charge is 0.480 e. The van der Waals surface area contributed by atoms with Crippen molar-refractivity contribution in [3.05, 3.63) is 0 Å². The van der Waals surface area contributed by atoms with E-state index < -0.39 is 5.97 Å². The van der Waals surface area contributed by atoms with Crippen LogP contribution in [0.3, 0.4) is 0 Å². The van der Waals surface area contributed by atoms with Crippen molar-refractivity contribution in [2.24, 2.45) is 0 Å². The van der Waals surface area contributed by atoms with Crippen LogP contribution in [-0.4, -0.2) is 24.2 Å². The van der Waals surface area contributed by atoms with Gasteiger partial charge in [0.15, 0.2) is 0 Å². The summed E-state index contributed by atoms with van der Waals surface area (Å²) >= 11 is 0. The summed E-state index contributed by atoms with van der Waals surface area (Å²) in [6.45, 7) is 3.18. The summed E-state index contributed by atoms with van der Waals surface area (Å²) in [5, 5.41) is 11.3. The van der Waals surface area contributed by atoms with E-state index >= 15 is 0 Å². The van der Waals surface area contributed by atoms with E-state index in [2.05, 4.69) is 12.2 Å². The van der Waals surface area contributed by atoms with Crippen molar-refractivity contribution in [3.63, 3.8) is 0 Å². The zero-order valence-electron chi connectivity index (χ0n) is 12.0. The van der Waals surface area contributed by atoms with Crippen LogP contribution in [0, 0.1) is 0 Å². The molecule has 0 saturated carbocycles.